The van der Waals surface area contributed by atoms with Crippen LogP contribution in [0.1, 0.15) is 4.88 Å². The molecule has 0 unspecified atom stereocenters. The maximum atomic E-state index is 10.3. The zero-order valence-electron chi connectivity index (χ0n) is 8.33. The molecule has 2 rings (SSSR count). The van der Waals surface area contributed by atoms with Crippen molar-refractivity contribution in [3.8, 4) is 10.6 Å². The van der Waals surface area contributed by atoms with Gasteiger partial charge in [-0.3, -0.25) is 0 Å². The molecule has 1 aromatic heterocycles. The van der Waals surface area contributed by atoms with E-state index in [4.69, 9.17) is 5.11 Å². The number of hydrogen-bond donors (Lipinski definition) is 1. The number of carboxylic acids is 1. The van der Waals surface area contributed by atoms with Gasteiger partial charge < -0.3 is 5.11 Å². The fraction of sp³-hybridized carbons (Fsp3) is 0. The standard InChI is InChI=1S/C12H9NO2S/c14-11(15)7-6-10-8-13-12(16-10)9-4-2-1-3-5-9/h1-8H,(H,14,15)/b7-6+. The number of aromatic nitrogens is 1. The fourth-order valence-electron chi connectivity index (χ4n) is 1.23. The summed E-state index contributed by atoms with van der Waals surface area (Å²) in [5.41, 5.74) is 1.04. The molecule has 0 atom stereocenters. The predicted molar refractivity (Wildman–Crippen MR) is 64.2 cm³/mol. The van der Waals surface area contributed by atoms with Gasteiger partial charge in [0.15, 0.2) is 0 Å². The van der Waals surface area contributed by atoms with E-state index in [2.05, 4.69) is 4.98 Å². The van der Waals surface area contributed by atoms with Crippen LogP contribution in [0.25, 0.3) is 16.6 Å². The Morgan fingerprint density at radius 3 is 2.75 bits per heavy atom. The first-order chi connectivity index (χ1) is 7.75. The molecule has 0 aliphatic carbocycles. The lowest BCUT2D eigenvalue weighted by Crippen LogP contribution is -1.84. The van der Waals surface area contributed by atoms with Crippen LogP contribution < -0.4 is 0 Å². The van der Waals surface area contributed by atoms with E-state index in [0.717, 1.165) is 21.5 Å². The second kappa shape index (κ2) is 4.72. The van der Waals surface area contributed by atoms with Crippen molar-refractivity contribution in [3.63, 3.8) is 0 Å². The van der Waals surface area contributed by atoms with Crippen molar-refractivity contribution in [1.82, 2.24) is 4.98 Å². The molecule has 0 aliphatic heterocycles. The third-order valence-corrected chi connectivity index (χ3v) is 2.95. The number of rotatable bonds is 3. The van der Waals surface area contributed by atoms with Crippen molar-refractivity contribution < 1.29 is 9.90 Å². The number of thiazole rings is 1. The Morgan fingerprint density at radius 1 is 1.31 bits per heavy atom. The summed E-state index contributed by atoms with van der Waals surface area (Å²) in [6, 6.07) is 9.79. The van der Waals surface area contributed by atoms with E-state index in [9.17, 15) is 4.79 Å². The molecule has 3 nitrogen and oxygen atoms in total. The highest BCUT2D eigenvalue weighted by atomic mass is 32.1. The normalized spacial score (nSPS) is 10.8. The monoisotopic (exact) mass is 231 g/mol. The molecule has 16 heavy (non-hydrogen) atoms. The van der Waals surface area contributed by atoms with Gasteiger partial charge in [0.05, 0.1) is 0 Å². The van der Waals surface area contributed by atoms with Crippen molar-refractivity contribution in [3.05, 3.63) is 47.5 Å². The van der Waals surface area contributed by atoms with E-state index in [-0.39, 0.29) is 0 Å². The van der Waals surface area contributed by atoms with Gasteiger partial charge in [-0.1, -0.05) is 30.3 Å². The molecule has 0 saturated heterocycles. The molecule has 80 valence electrons. The molecule has 2 aromatic rings. The van der Waals surface area contributed by atoms with Gasteiger partial charge in [-0.2, -0.15) is 0 Å². The lowest BCUT2D eigenvalue weighted by molar-refractivity contribution is -0.131. The van der Waals surface area contributed by atoms with Crippen LogP contribution in [0.5, 0.6) is 0 Å². The van der Waals surface area contributed by atoms with Crippen LogP contribution in [-0.2, 0) is 4.79 Å². The van der Waals surface area contributed by atoms with Gasteiger partial charge in [0, 0.05) is 22.7 Å². The van der Waals surface area contributed by atoms with E-state index in [1.807, 2.05) is 30.3 Å². The zero-order chi connectivity index (χ0) is 11.4. The molecule has 1 heterocycles. The second-order valence-electron chi connectivity index (χ2n) is 3.11. The summed E-state index contributed by atoms with van der Waals surface area (Å²) in [5.74, 6) is -0.949. The molecular formula is C12H9NO2S. The average molecular weight is 231 g/mol. The molecule has 0 spiro atoms. The number of carbonyl (C=O) groups is 1. The van der Waals surface area contributed by atoms with Crippen molar-refractivity contribution in [2.75, 3.05) is 0 Å². The van der Waals surface area contributed by atoms with Crippen LogP contribution in [0.15, 0.2) is 42.6 Å². The Morgan fingerprint density at radius 2 is 2.06 bits per heavy atom. The summed E-state index contributed by atoms with van der Waals surface area (Å²) in [6.45, 7) is 0. The van der Waals surface area contributed by atoms with E-state index in [1.165, 1.54) is 11.3 Å². The first kappa shape index (κ1) is 10.6. The highest BCUT2D eigenvalue weighted by Gasteiger charge is 2.01. The summed E-state index contributed by atoms with van der Waals surface area (Å²) in [4.78, 5) is 15.4. The molecule has 0 amide bonds. The SMILES string of the molecule is O=C(O)/C=C/c1cnc(-c2ccccc2)s1. The Kier molecular flexibility index (Phi) is 3.12. The molecular weight excluding hydrogens is 222 g/mol. The number of hydrogen-bond acceptors (Lipinski definition) is 3. The van der Waals surface area contributed by atoms with Crippen LogP contribution in [0, 0.1) is 0 Å². The van der Waals surface area contributed by atoms with Crippen LogP contribution in [0.3, 0.4) is 0 Å². The maximum Gasteiger partial charge on any atom is 0.328 e. The maximum absolute atomic E-state index is 10.3. The van der Waals surface area contributed by atoms with Crippen molar-refractivity contribution in [2.45, 2.75) is 0 Å². The minimum absolute atomic E-state index is 0.834. The van der Waals surface area contributed by atoms with Gasteiger partial charge in [0.2, 0.25) is 0 Å². The lowest BCUT2D eigenvalue weighted by atomic mass is 10.2. The molecule has 0 fully saturated rings. The Balaban J connectivity index is 2.23. The van der Waals surface area contributed by atoms with Crippen molar-refractivity contribution >= 4 is 23.4 Å². The van der Waals surface area contributed by atoms with Gasteiger partial charge in [0.25, 0.3) is 0 Å². The summed E-state index contributed by atoms with van der Waals surface area (Å²) in [7, 11) is 0. The fourth-order valence-corrected chi connectivity index (χ4v) is 2.06. The highest BCUT2D eigenvalue weighted by Crippen LogP contribution is 2.25. The van der Waals surface area contributed by atoms with Crippen LogP contribution >= 0.6 is 11.3 Å². The third kappa shape index (κ3) is 2.55. The summed E-state index contributed by atoms with van der Waals surface area (Å²) < 4.78 is 0. The predicted octanol–water partition coefficient (Wildman–Crippen LogP) is 2.91. The quantitative estimate of drug-likeness (QED) is 0.826. The summed E-state index contributed by atoms with van der Waals surface area (Å²) in [5, 5.41) is 9.39. The van der Waals surface area contributed by atoms with Gasteiger partial charge in [-0.15, -0.1) is 11.3 Å². The number of nitrogens with zero attached hydrogens (tertiary/aromatic N) is 1. The first-order valence-corrected chi connectivity index (χ1v) is 5.49. The molecule has 4 heteroatoms. The van der Waals surface area contributed by atoms with Crippen LogP contribution in [0.2, 0.25) is 0 Å². The Labute approximate surface area is 96.7 Å². The van der Waals surface area contributed by atoms with Crippen LogP contribution in [0.4, 0.5) is 0 Å². The van der Waals surface area contributed by atoms with E-state index < -0.39 is 5.97 Å². The smallest absolute Gasteiger partial charge is 0.328 e. The second-order valence-corrected chi connectivity index (χ2v) is 4.17. The van der Waals surface area contributed by atoms with Crippen molar-refractivity contribution in [2.24, 2.45) is 0 Å². The minimum atomic E-state index is -0.949. The molecule has 0 aliphatic rings. The molecule has 0 saturated carbocycles. The largest absolute Gasteiger partial charge is 0.478 e. The summed E-state index contributed by atoms with van der Waals surface area (Å²) in [6.07, 6.45) is 4.33. The first-order valence-electron chi connectivity index (χ1n) is 4.68. The third-order valence-electron chi connectivity index (χ3n) is 1.93. The topological polar surface area (TPSA) is 50.2 Å². The number of benzene rings is 1. The zero-order valence-corrected chi connectivity index (χ0v) is 9.15. The molecule has 1 N–H and O–H groups in total. The van der Waals surface area contributed by atoms with Crippen molar-refractivity contribution in [1.29, 1.82) is 0 Å². The summed E-state index contributed by atoms with van der Waals surface area (Å²) >= 11 is 1.47. The Hall–Kier alpha value is -1.94. The van der Waals surface area contributed by atoms with E-state index in [0.29, 0.717) is 0 Å². The minimum Gasteiger partial charge on any atom is -0.478 e. The average Bonchev–Trinajstić information content (AvgIpc) is 2.76. The number of carboxylic acid groups (broad SMARTS) is 1. The van der Waals surface area contributed by atoms with E-state index >= 15 is 0 Å². The van der Waals surface area contributed by atoms with Gasteiger partial charge in [-0.05, 0) is 6.08 Å². The molecule has 0 bridgehead atoms. The lowest BCUT2D eigenvalue weighted by Gasteiger charge is -1.92. The molecule has 1 aromatic carbocycles. The van der Waals surface area contributed by atoms with Gasteiger partial charge in [0.1, 0.15) is 5.01 Å². The Bertz CT molecular complexity index is 517. The van der Waals surface area contributed by atoms with Gasteiger partial charge >= 0.3 is 5.97 Å². The highest BCUT2D eigenvalue weighted by molar-refractivity contribution is 7.15. The van der Waals surface area contributed by atoms with Crippen LogP contribution in [-0.4, -0.2) is 16.1 Å². The van der Waals surface area contributed by atoms with Gasteiger partial charge in [-0.25, -0.2) is 9.78 Å². The van der Waals surface area contributed by atoms with E-state index in [1.54, 1.807) is 12.3 Å². The molecule has 0 radical (unpaired) electrons. The number of aliphatic carboxylic acids is 1.